The van der Waals surface area contributed by atoms with Gasteiger partial charge in [0.15, 0.2) is 0 Å². The molecule has 1 aliphatic carbocycles. The molecule has 0 aromatic carbocycles. The largest absolute Gasteiger partial charge is 0.449 e. The Hall–Kier alpha value is -1.98. The maximum absolute atomic E-state index is 12.0. The Morgan fingerprint density at radius 2 is 1.74 bits per heavy atom. The van der Waals surface area contributed by atoms with Gasteiger partial charge in [-0.25, -0.2) is 9.59 Å². The first-order valence-electron chi connectivity index (χ1n) is 14.7. The van der Waals surface area contributed by atoms with Gasteiger partial charge in [-0.05, 0) is 43.4 Å². The smallest absolute Gasteiger partial charge is 0.407 e. The highest BCUT2D eigenvalue weighted by molar-refractivity contribution is 8.00. The number of ether oxygens (including phenoxy) is 3. The molecule has 2 heterocycles. The highest BCUT2D eigenvalue weighted by Gasteiger charge is 2.48. The van der Waals surface area contributed by atoms with Gasteiger partial charge in [0.2, 0.25) is 5.91 Å². The molecule has 222 valence electrons. The molecule has 0 spiro atoms. The summed E-state index contributed by atoms with van der Waals surface area (Å²) in [7, 11) is 0. The monoisotopic (exact) mass is 568 g/mol. The average Bonchev–Trinajstić information content (AvgIpc) is 3.20. The fourth-order valence-electron chi connectivity index (χ4n) is 5.67. The molecule has 10 nitrogen and oxygen atoms in total. The highest BCUT2D eigenvalue weighted by atomic mass is 32.2. The van der Waals surface area contributed by atoms with Gasteiger partial charge in [0.05, 0.1) is 45.1 Å². The molecule has 2 aliphatic heterocycles. The van der Waals surface area contributed by atoms with Crippen LogP contribution in [0.3, 0.4) is 0 Å². The number of hydrogen-bond donors (Lipinski definition) is 4. The van der Waals surface area contributed by atoms with Crippen molar-refractivity contribution < 1.29 is 28.6 Å². The van der Waals surface area contributed by atoms with Crippen molar-refractivity contribution >= 4 is 29.8 Å². The lowest BCUT2D eigenvalue weighted by Crippen LogP contribution is -2.36. The first kappa shape index (κ1) is 31.5. The highest BCUT2D eigenvalue weighted by Crippen LogP contribution is 2.52. The predicted octanol–water partition coefficient (Wildman–Crippen LogP) is 3.22. The second-order valence-electron chi connectivity index (χ2n) is 10.6. The van der Waals surface area contributed by atoms with E-state index in [2.05, 4.69) is 34.8 Å². The number of nitrogens with one attached hydrogen (secondary N) is 4. The minimum Gasteiger partial charge on any atom is -0.449 e. The Bertz CT molecular complexity index is 787. The molecule has 3 aliphatic rings. The maximum Gasteiger partial charge on any atom is 0.407 e. The molecule has 0 unspecified atom stereocenters. The molecular weight excluding hydrogens is 520 g/mol. The Morgan fingerprint density at radius 1 is 1.00 bits per heavy atom. The number of thioether (sulfide) groups is 1. The van der Waals surface area contributed by atoms with E-state index in [1.807, 2.05) is 17.8 Å². The van der Waals surface area contributed by atoms with Crippen LogP contribution < -0.4 is 21.3 Å². The summed E-state index contributed by atoms with van der Waals surface area (Å²) in [5.74, 6) is 2.82. The number of hydrogen-bond acceptors (Lipinski definition) is 7. The van der Waals surface area contributed by atoms with Gasteiger partial charge in [-0.3, -0.25) is 4.79 Å². The Kier molecular flexibility index (Phi) is 14.3. The van der Waals surface area contributed by atoms with Crippen LogP contribution in [0, 0.1) is 17.8 Å². The van der Waals surface area contributed by atoms with E-state index in [1.165, 1.54) is 6.42 Å². The van der Waals surface area contributed by atoms with Crippen LogP contribution in [0.5, 0.6) is 0 Å². The van der Waals surface area contributed by atoms with Gasteiger partial charge in [-0.2, -0.15) is 11.8 Å². The van der Waals surface area contributed by atoms with Gasteiger partial charge in [-0.15, -0.1) is 6.58 Å². The van der Waals surface area contributed by atoms with Gasteiger partial charge < -0.3 is 35.5 Å². The van der Waals surface area contributed by atoms with Crippen LogP contribution >= 0.6 is 11.8 Å². The quantitative estimate of drug-likeness (QED) is 0.0951. The summed E-state index contributed by atoms with van der Waals surface area (Å²) < 4.78 is 16.4. The predicted molar refractivity (Wildman–Crippen MR) is 153 cm³/mol. The molecule has 0 bridgehead atoms. The van der Waals surface area contributed by atoms with Crippen molar-refractivity contribution in [3.05, 3.63) is 12.7 Å². The molecule has 0 aromatic heterocycles. The molecule has 3 fully saturated rings. The molecule has 0 radical (unpaired) electrons. The van der Waals surface area contributed by atoms with Crippen molar-refractivity contribution in [1.82, 2.24) is 21.3 Å². The second-order valence-corrected chi connectivity index (χ2v) is 11.9. The third-order valence-corrected chi connectivity index (χ3v) is 9.29. The lowest BCUT2D eigenvalue weighted by atomic mass is 10.0. The molecular formula is C28H48N4O6S. The van der Waals surface area contributed by atoms with E-state index >= 15 is 0 Å². The molecule has 4 N–H and O–H groups in total. The number of fused-ring (bicyclic) bond motifs is 1. The molecule has 4 amide bonds. The lowest BCUT2D eigenvalue weighted by Gasteiger charge is -2.16. The van der Waals surface area contributed by atoms with Crippen LogP contribution in [0.25, 0.3) is 0 Å². The van der Waals surface area contributed by atoms with Crippen LogP contribution in [-0.4, -0.2) is 87.2 Å². The van der Waals surface area contributed by atoms with E-state index in [0.29, 0.717) is 75.5 Å². The van der Waals surface area contributed by atoms with Crippen LogP contribution in [-0.2, 0) is 19.0 Å². The van der Waals surface area contributed by atoms with Gasteiger partial charge in [0, 0.05) is 30.5 Å². The molecule has 39 heavy (non-hydrogen) atoms. The van der Waals surface area contributed by atoms with Crippen molar-refractivity contribution in [2.24, 2.45) is 17.8 Å². The summed E-state index contributed by atoms with van der Waals surface area (Å²) in [6, 6.07) is 0.412. The van der Waals surface area contributed by atoms with Gasteiger partial charge in [-0.1, -0.05) is 32.3 Å². The summed E-state index contributed by atoms with van der Waals surface area (Å²) in [6.07, 6.45) is 9.42. The Labute approximate surface area is 237 Å². The van der Waals surface area contributed by atoms with E-state index in [1.54, 1.807) is 0 Å². The summed E-state index contributed by atoms with van der Waals surface area (Å²) in [5, 5.41) is 12.0. The first-order chi connectivity index (χ1) is 19.0. The van der Waals surface area contributed by atoms with Crippen molar-refractivity contribution in [2.75, 3.05) is 51.9 Å². The zero-order valence-electron chi connectivity index (χ0n) is 23.4. The summed E-state index contributed by atoms with van der Waals surface area (Å²) in [5.41, 5.74) is 0. The lowest BCUT2D eigenvalue weighted by molar-refractivity contribution is -0.121. The molecule has 3 rings (SSSR count). The van der Waals surface area contributed by atoms with Gasteiger partial charge in [0.25, 0.3) is 0 Å². The number of amides is 4. The van der Waals surface area contributed by atoms with Gasteiger partial charge >= 0.3 is 12.1 Å². The molecule has 2 saturated heterocycles. The number of alkyl carbamates (subject to hydrolysis) is 1. The van der Waals surface area contributed by atoms with E-state index in [-0.39, 0.29) is 30.1 Å². The topological polar surface area (TPSA) is 127 Å². The van der Waals surface area contributed by atoms with Gasteiger partial charge in [0.1, 0.15) is 0 Å². The molecule has 1 saturated carbocycles. The first-order valence-corrected chi connectivity index (χ1v) is 15.7. The minimum atomic E-state index is -0.388. The average molecular weight is 569 g/mol. The van der Waals surface area contributed by atoms with E-state index in [0.717, 1.165) is 44.3 Å². The number of allylic oxidation sites excluding steroid dienone is 1. The molecule has 6 atom stereocenters. The van der Waals surface area contributed by atoms with Crippen LogP contribution in [0.1, 0.15) is 58.3 Å². The van der Waals surface area contributed by atoms with E-state index < -0.39 is 0 Å². The van der Waals surface area contributed by atoms with E-state index in [4.69, 9.17) is 14.2 Å². The molecule has 0 aromatic rings. The van der Waals surface area contributed by atoms with Crippen molar-refractivity contribution in [1.29, 1.82) is 0 Å². The third kappa shape index (κ3) is 11.2. The second kappa shape index (κ2) is 17.7. The number of rotatable bonds is 21. The number of unbranched alkanes of at least 4 members (excludes halogenated alkanes) is 1. The Morgan fingerprint density at radius 3 is 2.49 bits per heavy atom. The fraction of sp³-hybridized carbons (Fsp3) is 0.821. The van der Waals surface area contributed by atoms with Crippen LogP contribution in [0.15, 0.2) is 12.7 Å². The normalized spacial score (nSPS) is 26.8. The zero-order chi connectivity index (χ0) is 27.9. The summed E-state index contributed by atoms with van der Waals surface area (Å²) >= 11 is 1.90. The minimum absolute atomic E-state index is 0.0375. The van der Waals surface area contributed by atoms with Crippen molar-refractivity contribution in [3.8, 4) is 0 Å². The molecule has 11 heteroatoms. The summed E-state index contributed by atoms with van der Waals surface area (Å²) in [4.78, 5) is 35.4. The Balaban J connectivity index is 1.06. The van der Waals surface area contributed by atoms with Crippen molar-refractivity contribution in [3.63, 3.8) is 0 Å². The van der Waals surface area contributed by atoms with E-state index in [9.17, 15) is 14.4 Å². The standard InChI is InChI=1S/C28H48N4O6S/c1-3-5-9-21-20(8-4-2)22(21)18-38-28(35)30-13-15-37-17-16-36-14-12-29-25(33)11-7-6-10-24-26-23(19-39-24)31-27(34)32-26/h3,20-24,26H,1,4-19H2,2H3,(H,29,33)(H,30,35)(H2,31,32,34)/t20-,21+,22-,23+,24+,26+/m1/s1. The number of carbonyl (C=O) groups excluding carboxylic acids is 3. The number of urea groups is 1. The fourth-order valence-corrected chi connectivity index (χ4v) is 7.21. The maximum atomic E-state index is 12.0. The zero-order valence-corrected chi connectivity index (χ0v) is 24.2. The van der Waals surface area contributed by atoms with Crippen LogP contribution in [0.2, 0.25) is 0 Å². The SMILES string of the molecule is C=CCC[C@H]1[C@@H](CCC)[C@H]1COC(=O)NCCOCCOCCNC(=O)CCCC[C@@H]1SC[C@@H]2NC(=O)N[C@@H]21. The van der Waals surface area contributed by atoms with Crippen molar-refractivity contribution in [2.45, 2.75) is 75.6 Å². The van der Waals surface area contributed by atoms with Crippen LogP contribution in [0.4, 0.5) is 9.59 Å². The summed E-state index contributed by atoms with van der Waals surface area (Å²) in [6.45, 7) is 9.03. The number of carbonyl (C=O) groups is 3. The third-order valence-electron chi connectivity index (χ3n) is 7.78.